The highest BCUT2D eigenvalue weighted by molar-refractivity contribution is 14.0. The van der Waals surface area contributed by atoms with Gasteiger partial charge in [0.1, 0.15) is 12.4 Å². The highest BCUT2D eigenvalue weighted by Crippen LogP contribution is 2.20. The lowest BCUT2D eigenvalue weighted by molar-refractivity contribution is 0.00990. The number of aliphatic imine (C=N–C) groups is 1. The van der Waals surface area contributed by atoms with Gasteiger partial charge in [0, 0.05) is 52.1 Å². The second kappa shape index (κ2) is 16.5. The Morgan fingerprint density at radius 3 is 2.58 bits per heavy atom. The van der Waals surface area contributed by atoms with Crippen LogP contribution < -0.4 is 10.1 Å². The van der Waals surface area contributed by atoms with Gasteiger partial charge in [0.25, 0.3) is 0 Å². The summed E-state index contributed by atoms with van der Waals surface area (Å²) < 4.78 is 17.1. The molecule has 1 fully saturated rings. The van der Waals surface area contributed by atoms with E-state index in [0.717, 1.165) is 75.9 Å². The summed E-state index contributed by atoms with van der Waals surface area (Å²) in [5.41, 5.74) is 1.11. The Morgan fingerprint density at radius 1 is 1.16 bits per heavy atom. The molecule has 1 aliphatic rings. The largest absolute Gasteiger partial charge is 0.492 e. The lowest BCUT2D eigenvalue weighted by Crippen LogP contribution is -2.47. The fraction of sp³-hybridized carbons (Fsp3) is 0.696. The van der Waals surface area contributed by atoms with Crippen molar-refractivity contribution in [3.8, 4) is 5.75 Å². The Hall–Kier alpha value is -1.10. The summed E-state index contributed by atoms with van der Waals surface area (Å²) in [5, 5.41) is 3.45. The van der Waals surface area contributed by atoms with Crippen molar-refractivity contribution in [3.05, 3.63) is 29.8 Å². The Morgan fingerprint density at radius 2 is 1.90 bits per heavy atom. The molecule has 1 aromatic rings. The van der Waals surface area contributed by atoms with Crippen LogP contribution in [-0.2, 0) is 16.0 Å². The van der Waals surface area contributed by atoms with E-state index in [4.69, 9.17) is 19.2 Å². The van der Waals surface area contributed by atoms with Gasteiger partial charge in [0.2, 0.25) is 0 Å². The van der Waals surface area contributed by atoms with Crippen molar-refractivity contribution in [2.24, 2.45) is 4.99 Å². The maximum atomic E-state index is 5.99. The van der Waals surface area contributed by atoms with E-state index in [1.165, 1.54) is 0 Å². The van der Waals surface area contributed by atoms with Gasteiger partial charge in [-0.3, -0.25) is 0 Å². The molecule has 0 atom stereocenters. The van der Waals surface area contributed by atoms with Crippen molar-refractivity contribution in [2.45, 2.75) is 38.8 Å². The molecule has 7 nitrogen and oxygen atoms in total. The summed E-state index contributed by atoms with van der Waals surface area (Å²) in [6.07, 6.45) is 3.35. The zero-order chi connectivity index (χ0) is 21.6. The summed E-state index contributed by atoms with van der Waals surface area (Å²) >= 11 is 0. The minimum Gasteiger partial charge on any atom is -0.492 e. The third-order valence-electron chi connectivity index (χ3n) is 5.09. The number of likely N-dealkylation sites (tertiary alicyclic amines) is 1. The second-order valence-electron chi connectivity index (χ2n) is 7.83. The van der Waals surface area contributed by atoms with Crippen molar-refractivity contribution in [1.82, 2.24) is 15.1 Å². The van der Waals surface area contributed by atoms with Crippen LogP contribution in [0.1, 0.15) is 31.7 Å². The third-order valence-corrected chi connectivity index (χ3v) is 5.09. The number of rotatable bonds is 12. The Kier molecular flexibility index (Phi) is 14.9. The van der Waals surface area contributed by atoms with Crippen molar-refractivity contribution in [3.63, 3.8) is 0 Å². The van der Waals surface area contributed by atoms with Crippen LogP contribution in [0.4, 0.5) is 0 Å². The highest BCUT2D eigenvalue weighted by atomic mass is 127. The molecule has 0 unspecified atom stereocenters. The van der Waals surface area contributed by atoms with Gasteiger partial charge >= 0.3 is 0 Å². The number of hydrogen-bond donors (Lipinski definition) is 1. The van der Waals surface area contributed by atoms with Gasteiger partial charge in [-0.2, -0.15) is 0 Å². The fourth-order valence-electron chi connectivity index (χ4n) is 3.39. The lowest BCUT2D eigenvalue weighted by atomic mass is 10.1. The molecule has 2 rings (SSSR count). The van der Waals surface area contributed by atoms with E-state index < -0.39 is 0 Å². The first-order chi connectivity index (χ1) is 14.6. The number of guanidine groups is 1. The molecule has 0 radical (unpaired) electrons. The predicted octanol–water partition coefficient (Wildman–Crippen LogP) is 3.23. The molecule has 1 saturated heterocycles. The average Bonchev–Trinajstić information content (AvgIpc) is 2.75. The fourth-order valence-corrected chi connectivity index (χ4v) is 3.39. The molecule has 1 aromatic carbocycles. The maximum Gasteiger partial charge on any atom is 0.194 e. The number of nitrogens with zero attached hydrogens (tertiary/aromatic N) is 3. The minimum absolute atomic E-state index is 0. The van der Waals surface area contributed by atoms with Crippen LogP contribution in [0.3, 0.4) is 0 Å². The molecule has 0 saturated carbocycles. The van der Waals surface area contributed by atoms with Gasteiger partial charge in [-0.1, -0.05) is 18.2 Å². The number of hydrogen-bond acceptors (Lipinski definition) is 5. The van der Waals surface area contributed by atoms with E-state index in [1.807, 2.05) is 18.2 Å². The summed E-state index contributed by atoms with van der Waals surface area (Å²) in [5.74, 6) is 1.89. The first-order valence-corrected chi connectivity index (χ1v) is 11.1. The third kappa shape index (κ3) is 10.9. The number of nitrogens with one attached hydrogen (secondary N) is 1. The topological polar surface area (TPSA) is 58.6 Å². The summed E-state index contributed by atoms with van der Waals surface area (Å²) in [4.78, 5) is 9.37. The number of piperidine rings is 1. The zero-order valence-corrected chi connectivity index (χ0v) is 22.0. The molecule has 178 valence electrons. The van der Waals surface area contributed by atoms with Gasteiger partial charge < -0.3 is 29.3 Å². The van der Waals surface area contributed by atoms with Crippen LogP contribution in [0.2, 0.25) is 0 Å². The number of benzene rings is 1. The van der Waals surface area contributed by atoms with E-state index in [0.29, 0.717) is 19.3 Å². The Bertz CT molecular complexity index is 623. The molecular formula is C23H41IN4O3. The molecule has 0 amide bonds. The zero-order valence-electron chi connectivity index (χ0n) is 19.6. The maximum absolute atomic E-state index is 5.99. The van der Waals surface area contributed by atoms with Crippen LogP contribution in [0.25, 0.3) is 0 Å². The molecule has 0 aromatic heterocycles. The van der Waals surface area contributed by atoms with Gasteiger partial charge in [-0.05, 0) is 46.3 Å². The molecule has 8 heteroatoms. The van der Waals surface area contributed by atoms with Crippen LogP contribution in [0, 0.1) is 0 Å². The summed E-state index contributed by atoms with van der Waals surface area (Å²) in [6.45, 7) is 8.59. The van der Waals surface area contributed by atoms with Gasteiger partial charge in [-0.15, -0.1) is 24.0 Å². The van der Waals surface area contributed by atoms with Crippen LogP contribution in [-0.4, -0.2) is 89.1 Å². The second-order valence-corrected chi connectivity index (χ2v) is 7.83. The monoisotopic (exact) mass is 548 g/mol. The normalized spacial score (nSPS) is 15.1. The van der Waals surface area contributed by atoms with Gasteiger partial charge in [0.15, 0.2) is 5.96 Å². The molecular weight excluding hydrogens is 507 g/mol. The quantitative estimate of drug-likeness (QED) is 0.188. The van der Waals surface area contributed by atoms with E-state index in [-0.39, 0.29) is 24.0 Å². The van der Waals surface area contributed by atoms with E-state index in [1.54, 1.807) is 7.11 Å². The van der Waals surface area contributed by atoms with Crippen molar-refractivity contribution >= 4 is 29.9 Å². The minimum atomic E-state index is 0. The van der Waals surface area contributed by atoms with Crippen LogP contribution in [0.5, 0.6) is 5.75 Å². The molecule has 0 bridgehead atoms. The molecule has 0 aliphatic carbocycles. The summed E-state index contributed by atoms with van der Waals surface area (Å²) in [7, 11) is 5.83. The molecule has 1 aliphatic heterocycles. The van der Waals surface area contributed by atoms with Crippen LogP contribution in [0.15, 0.2) is 29.3 Å². The van der Waals surface area contributed by atoms with Crippen LogP contribution >= 0.6 is 24.0 Å². The van der Waals surface area contributed by atoms with E-state index >= 15 is 0 Å². The standard InChI is InChI=1S/C23H40N4O3.HI/c1-5-24-23(27-13-11-21(12-14-27)29-17-8-16-28-4)25-19-20-9-6-7-10-22(20)30-18-15-26(2)3;/h6-7,9-10,21H,5,8,11-19H2,1-4H3,(H,24,25);1H. The van der Waals surface area contributed by atoms with Gasteiger partial charge in [-0.25, -0.2) is 4.99 Å². The summed E-state index contributed by atoms with van der Waals surface area (Å²) in [6, 6.07) is 8.18. The average molecular weight is 549 g/mol. The lowest BCUT2D eigenvalue weighted by Gasteiger charge is -2.34. The van der Waals surface area contributed by atoms with Crippen molar-refractivity contribution in [2.75, 3.05) is 67.2 Å². The number of halogens is 1. The molecule has 0 spiro atoms. The number of likely N-dealkylation sites (N-methyl/N-ethyl adjacent to an activating group) is 1. The smallest absolute Gasteiger partial charge is 0.194 e. The van der Waals surface area contributed by atoms with E-state index in [2.05, 4.69) is 42.2 Å². The highest BCUT2D eigenvalue weighted by Gasteiger charge is 2.22. The first kappa shape index (κ1) is 27.9. The number of para-hydroxylation sites is 1. The first-order valence-electron chi connectivity index (χ1n) is 11.1. The number of methoxy groups -OCH3 is 1. The van der Waals surface area contributed by atoms with Crippen molar-refractivity contribution < 1.29 is 14.2 Å². The number of ether oxygens (including phenoxy) is 3. The molecule has 1 heterocycles. The molecule has 31 heavy (non-hydrogen) atoms. The van der Waals surface area contributed by atoms with Crippen molar-refractivity contribution in [1.29, 1.82) is 0 Å². The predicted molar refractivity (Wildman–Crippen MR) is 138 cm³/mol. The Labute approximate surface area is 205 Å². The molecule has 1 N–H and O–H groups in total. The van der Waals surface area contributed by atoms with E-state index in [9.17, 15) is 0 Å². The SMILES string of the molecule is CCNC(=NCc1ccccc1OCCN(C)C)N1CCC(OCCCOC)CC1.I. The van der Waals surface area contributed by atoms with Gasteiger partial charge in [0.05, 0.1) is 12.6 Å². The Balaban J connectivity index is 0.00000480.